The van der Waals surface area contributed by atoms with Gasteiger partial charge in [-0.3, -0.25) is 14.9 Å². The number of hydrogen-bond donors (Lipinski definition) is 0. The largest absolute Gasteiger partial charge is 0.490 e. The van der Waals surface area contributed by atoms with Gasteiger partial charge in [-0.15, -0.1) is 6.58 Å². The number of aromatic nitrogens is 1. The number of furan rings is 1. The number of carbonyl (C=O) groups excluding carboxylic acids is 1. The van der Waals surface area contributed by atoms with Crippen molar-refractivity contribution in [2.24, 2.45) is 4.99 Å². The second-order valence-corrected chi connectivity index (χ2v) is 7.34. The third-order valence-electron chi connectivity index (χ3n) is 4.40. The molecule has 0 fully saturated rings. The molecule has 0 aliphatic carbocycles. The molecule has 0 unspecified atom stereocenters. The number of amides is 1. The second kappa shape index (κ2) is 7.96. The van der Waals surface area contributed by atoms with Gasteiger partial charge in [-0.1, -0.05) is 29.5 Å². The number of allylic oxidation sites excluding steroid dienone is 1. The summed E-state index contributed by atoms with van der Waals surface area (Å²) in [7, 11) is 0. The molecule has 0 bridgehead atoms. The van der Waals surface area contributed by atoms with Crippen LogP contribution in [-0.2, 0) is 6.54 Å². The van der Waals surface area contributed by atoms with E-state index in [0.29, 0.717) is 34.0 Å². The maximum absolute atomic E-state index is 12.8. The van der Waals surface area contributed by atoms with Crippen molar-refractivity contribution in [3.05, 3.63) is 75.8 Å². The number of non-ortho nitro benzene ring substituents is 1. The first-order chi connectivity index (χ1) is 14.5. The smallest absolute Gasteiger partial charge is 0.315 e. The summed E-state index contributed by atoms with van der Waals surface area (Å²) in [4.78, 5) is 28.1. The Morgan fingerprint density at radius 2 is 2.20 bits per heavy atom. The van der Waals surface area contributed by atoms with Gasteiger partial charge >= 0.3 is 5.91 Å². The SMILES string of the molecule is C=CCn1c(=NC(=O)c2cc3cccc(OCC)c3o2)sc2cc([N+](=O)[O-])ccc21. The first-order valence-corrected chi connectivity index (χ1v) is 9.96. The van der Waals surface area contributed by atoms with Crippen molar-refractivity contribution in [1.29, 1.82) is 0 Å². The quantitative estimate of drug-likeness (QED) is 0.255. The van der Waals surface area contributed by atoms with Gasteiger partial charge in [0.25, 0.3) is 5.69 Å². The van der Waals surface area contributed by atoms with Crippen LogP contribution in [0.5, 0.6) is 5.75 Å². The highest BCUT2D eigenvalue weighted by atomic mass is 32.1. The summed E-state index contributed by atoms with van der Waals surface area (Å²) in [5.41, 5.74) is 1.21. The maximum Gasteiger partial charge on any atom is 0.315 e. The summed E-state index contributed by atoms with van der Waals surface area (Å²) in [5, 5.41) is 11.8. The van der Waals surface area contributed by atoms with Crippen LogP contribution in [0, 0.1) is 10.1 Å². The van der Waals surface area contributed by atoms with Gasteiger partial charge in [0.1, 0.15) is 0 Å². The Bertz CT molecular complexity index is 1360. The van der Waals surface area contributed by atoms with Crippen LogP contribution >= 0.6 is 11.3 Å². The minimum absolute atomic E-state index is 0.0203. The standard InChI is InChI=1S/C21H17N3O5S/c1-3-10-23-15-9-8-14(24(26)27)12-18(15)30-21(23)22-20(25)17-11-13-6-5-7-16(28-4-2)19(13)29-17/h3,5-9,11-12H,1,4,10H2,2H3. The zero-order valence-electron chi connectivity index (χ0n) is 16.0. The predicted octanol–water partition coefficient (Wildman–Crippen LogP) is 4.68. The monoisotopic (exact) mass is 423 g/mol. The topological polar surface area (TPSA) is 99.9 Å². The number of benzene rings is 2. The van der Waals surface area contributed by atoms with E-state index < -0.39 is 10.8 Å². The Morgan fingerprint density at radius 3 is 2.93 bits per heavy atom. The molecule has 30 heavy (non-hydrogen) atoms. The van der Waals surface area contributed by atoms with Gasteiger partial charge in [0.05, 0.1) is 21.7 Å². The summed E-state index contributed by atoms with van der Waals surface area (Å²) in [5.74, 6) is 0.100. The van der Waals surface area contributed by atoms with E-state index in [1.54, 1.807) is 28.8 Å². The van der Waals surface area contributed by atoms with E-state index >= 15 is 0 Å². The van der Waals surface area contributed by atoms with Crippen LogP contribution in [0.1, 0.15) is 17.5 Å². The van der Waals surface area contributed by atoms with Crippen LogP contribution in [-0.4, -0.2) is 22.0 Å². The Labute approximate surface area is 174 Å². The van der Waals surface area contributed by atoms with Gasteiger partial charge in [-0.2, -0.15) is 4.99 Å². The lowest BCUT2D eigenvalue weighted by molar-refractivity contribution is -0.384. The van der Waals surface area contributed by atoms with Crippen molar-refractivity contribution in [2.45, 2.75) is 13.5 Å². The first kappa shape index (κ1) is 19.6. The number of hydrogen-bond acceptors (Lipinski definition) is 6. The minimum Gasteiger partial charge on any atom is -0.490 e. The predicted molar refractivity (Wildman–Crippen MR) is 114 cm³/mol. The number of para-hydroxylation sites is 1. The van der Waals surface area contributed by atoms with E-state index in [1.165, 1.54) is 23.5 Å². The number of nitro groups is 1. The lowest BCUT2D eigenvalue weighted by Gasteiger charge is -2.02. The molecule has 152 valence electrons. The van der Waals surface area contributed by atoms with Gasteiger partial charge in [-0.25, -0.2) is 0 Å². The molecule has 0 aliphatic heterocycles. The molecule has 4 aromatic rings. The van der Waals surface area contributed by atoms with E-state index in [-0.39, 0.29) is 11.4 Å². The van der Waals surface area contributed by atoms with Crippen LogP contribution in [0.25, 0.3) is 21.2 Å². The Hall–Kier alpha value is -3.72. The van der Waals surface area contributed by atoms with Crippen LogP contribution in [0.3, 0.4) is 0 Å². The summed E-state index contributed by atoms with van der Waals surface area (Å²) in [6.07, 6.45) is 1.67. The molecule has 0 saturated carbocycles. The molecule has 0 saturated heterocycles. The molecule has 2 heterocycles. The molecule has 1 amide bonds. The minimum atomic E-state index is -0.549. The third kappa shape index (κ3) is 3.50. The van der Waals surface area contributed by atoms with E-state index in [1.807, 2.05) is 19.1 Å². The number of carbonyl (C=O) groups is 1. The number of fused-ring (bicyclic) bond motifs is 2. The number of rotatable bonds is 6. The summed E-state index contributed by atoms with van der Waals surface area (Å²) >= 11 is 1.19. The molecule has 0 aliphatic rings. The van der Waals surface area contributed by atoms with E-state index in [2.05, 4.69) is 11.6 Å². The lowest BCUT2D eigenvalue weighted by atomic mass is 10.2. The van der Waals surface area contributed by atoms with Crippen LogP contribution in [0.4, 0.5) is 5.69 Å². The first-order valence-electron chi connectivity index (χ1n) is 9.15. The molecule has 8 nitrogen and oxygen atoms in total. The highest BCUT2D eigenvalue weighted by molar-refractivity contribution is 7.16. The van der Waals surface area contributed by atoms with Gasteiger partial charge in [0.15, 0.2) is 21.9 Å². The summed E-state index contributed by atoms with van der Waals surface area (Å²) in [6, 6.07) is 11.6. The molecule has 0 atom stereocenters. The third-order valence-corrected chi connectivity index (χ3v) is 5.45. The number of ether oxygens (including phenoxy) is 1. The number of nitrogens with zero attached hydrogens (tertiary/aromatic N) is 3. The molecule has 9 heteroatoms. The Kier molecular flexibility index (Phi) is 5.20. The van der Waals surface area contributed by atoms with Crippen molar-refractivity contribution in [3.8, 4) is 5.75 Å². The zero-order valence-corrected chi connectivity index (χ0v) is 16.8. The Balaban J connectivity index is 1.82. The van der Waals surface area contributed by atoms with Crippen molar-refractivity contribution < 1.29 is 18.9 Å². The van der Waals surface area contributed by atoms with E-state index in [4.69, 9.17) is 9.15 Å². The molecular weight excluding hydrogens is 406 g/mol. The van der Waals surface area contributed by atoms with Crippen molar-refractivity contribution in [3.63, 3.8) is 0 Å². The zero-order chi connectivity index (χ0) is 21.3. The molecule has 4 rings (SSSR count). The molecule has 0 radical (unpaired) electrons. The summed E-state index contributed by atoms with van der Waals surface area (Å²) in [6.45, 7) is 6.48. The Morgan fingerprint density at radius 1 is 1.37 bits per heavy atom. The number of thiazole rings is 1. The normalized spacial score (nSPS) is 11.8. The highest BCUT2D eigenvalue weighted by Gasteiger charge is 2.16. The van der Waals surface area contributed by atoms with Gasteiger partial charge in [0.2, 0.25) is 0 Å². The summed E-state index contributed by atoms with van der Waals surface area (Å²) < 4.78 is 13.7. The average Bonchev–Trinajstić information content (AvgIpc) is 3.30. The molecule has 0 spiro atoms. The fourth-order valence-electron chi connectivity index (χ4n) is 3.12. The van der Waals surface area contributed by atoms with Gasteiger partial charge < -0.3 is 13.7 Å². The molecular formula is C21H17N3O5S. The van der Waals surface area contributed by atoms with Gasteiger partial charge in [-0.05, 0) is 25.1 Å². The van der Waals surface area contributed by atoms with Crippen LogP contribution < -0.4 is 9.54 Å². The van der Waals surface area contributed by atoms with Crippen LogP contribution in [0.15, 0.2) is 64.5 Å². The van der Waals surface area contributed by atoms with Crippen LogP contribution in [0.2, 0.25) is 0 Å². The highest BCUT2D eigenvalue weighted by Crippen LogP contribution is 2.29. The fraction of sp³-hybridized carbons (Fsp3) is 0.143. The number of nitro benzene ring substituents is 1. The molecule has 2 aromatic carbocycles. The maximum atomic E-state index is 12.8. The lowest BCUT2D eigenvalue weighted by Crippen LogP contribution is -2.16. The molecule has 0 N–H and O–H groups in total. The van der Waals surface area contributed by atoms with Crippen molar-refractivity contribution in [2.75, 3.05) is 6.61 Å². The van der Waals surface area contributed by atoms with E-state index in [9.17, 15) is 14.9 Å². The second-order valence-electron chi connectivity index (χ2n) is 6.33. The van der Waals surface area contributed by atoms with E-state index in [0.717, 1.165) is 10.9 Å². The average molecular weight is 423 g/mol. The molecule has 2 aromatic heterocycles. The van der Waals surface area contributed by atoms with Crippen molar-refractivity contribution >= 4 is 44.1 Å². The van der Waals surface area contributed by atoms with Gasteiger partial charge in [0, 0.05) is 24.1 Å². The fourth-order valence-corrected chi connectivity index (χ4v) is 4.19. The van der Waals surface area contributed by atoms with Crippen molar-refractivity contribution in [1.82, 2.24) is 4.57 Å².